The second kappa shape index (κ2) is 7.28. The van der Waals surface area contributed by atoms with Crippen LogP contribution in [0.1, 0.15) is 51.5 Å². The number of rotatable bonds is 7. The summed E-state index contributed by atoms with van der Waals surface area (Å²) in [5.74, 6) is 1.59. The molecule has 3 heteroatoms. The molecule has 1 aliphatic rings. The molecule has 21 heavy (non-hydrogen) atoms. The fourth-order valence-corrected chi connectivity index (χ4v) is 3.10. The maximum Gasteiger partial charge on any atom is 0.122 e. The molecule has 2 unspecified atom stereocenters. The van der Waals surface area contributed by atoms with Gasteiger partial charge in [-0.2, -0.15) is 0 Å². The number of hydrogen-bond acceptors (Lipinski definition) is 3. The molecule has 0 aliphatic carbocycles. The fraction of sp³-hybridized carbons (Fsp3) is 0.667. The standard InChI is InChI=1S/C18H29NO2/c1-5-19-16(10-12-18(2,3)20-4)14-11-13-21-17-9-7-6-8-15(14)17/h6-9,14,16,19H,5,10-13H2,1-4H3. The number of benzene rings is 1. The Hall–Kier alpha value is -1.06. The van der Waals surface area contributed by atoms with E-state index in [1.165, 1.54) is 5.56 Å². The average Bonchev–Trinajstić information content (AvgIpc) is 2.51. The van der Waals surface area contributed by atoms with Crippen LogP contribution >= 0.6 is 0 Å². The molecule has 1 N–H and O–H groups in total. The minimum atomic E-state index is -0.0572. The Balaban J connectivity index is 2.12. The second-order valence-electron chi connectivity index (χ2n) is 6.45. The Morgan fingerprint density at radius 1 is 1.38 bits per heavy atom. The molecule has 1 aromatic carbocycles. The summed E-state index contributed by atoms with van der Waals surface area (Å²) in [6.07, 6.45) is 3.26. The van der Waals surface area contributed by atoms with Crippen molar-refractivity contribution in [3.8, 4) is 5.75 Å². The van der Waals surface area contributed by atoms with Gasteiger partial charge in [-0.25, -0.2) is 0 Å². The molecule has 0 radical (unpaired) electrons. The molecule has 0 spiro atoms. The highest BCUT2D eigenvalue weighted by Crippen LogP contribution is 2.37. The molecule has 2 rings (SSSR count). The van der Waals surface area contributed by atoms with E-state index in [9.17, 15) is 0 Å². The normalized spacial score (nSPS) is 19.7. The molecule has 1 heterocycles. The van der Waals surface area contributed by atoms with Crippen molar-refractivity contribution in [3.63, 3.8) is 0 Å². The van der Waals surface area contributed by atoms with Crippen LogP contribution in [0, 0.1) is 0 Å². The lowest BCUT2D eigenvalue weighted by molar-refractivity contribution is 0.0107. The van der Waals surface area contributed by atoms with Gasteiger partial charge >= 0.3 is 0 Å². The highest BCUT2D eigenvalue weighted by Gasteiger charge is 2.29. The monoisotopic (exact) mass is 291 g/mol. The molecule has 1 aromatic rings. The summed E-state index contributed by atoms with van der Waals surface area (Å²) in [6, 6.07) is 8.95. The summed E-state index contributed by atoms with van der Waals surface area (Å²) < 4.78 is 11.4. The Morgan fingerprint density at radius 2 is 2.14 bits per heavy atom. The van der Waals surface area contributed by atoms with Gasteiger partial charge in [-0.05, 0) is 51.3 Å². The Morgan fingerprint density at radius 3 is 2.86 bits per heavy atom. The molecule has 0 amide bonds. The predicted molar refractivity (Wildman–Crippen MR) is 87.1 cm³/mol. The van der Waals surface area contributed by atoms with Crippen molar-refractivity contribution >= 4 is 0 Å². The molecular formula is C18H29NO2. The van der Waals surface area contributed by atoms with E-state index in [1.807, 2.05) is 0 Å². The summed E-state index contributed by atoms with van der Waals surface area (Å²) >= 11 is 0. The largest absolute Gasteiger partial charge is 0.493 e. The lowest BCUT2D eigenvalue weighted by Crippen LogP contribution is -2.39. The van der Waals surface area contributed by atoms with E-state index in [0.717, 1.165) is 38.2 Å². The Labute approximate surface area is 129 Å². The first-order valence-electron chi connectivity index (χ1n) is 8.07. The van der Waals surface area contributed by atoms with E-state index in [1.54, 1.807) is 7.11 Å². The van der Waals surface area contributed by atoms with E-state index >= 15 is 0 Å². The van der Waals surface area contributed by atoms with Gasteiger partial charge in [-0.1, -0.05) is 25.1 Å². The molecule has 1 aliphatic heterocycles. The number of ether oxygens (including phenoxy) is 2. The third kappa shape index (κ3) is 4.21. The lowest BCUT2D eigenvalue weighted by Gasteiger charge is -2.34. The van der Waals surface area contributed by atoms with Crippen LogP contribution in [0.5, 0.6) is 5.75 Å². The Kier molecular flexibility index (Phi) is 5.65. The van der Waals surface area contributed by atoms with Crippen molar-refractivity contribution in [3.05, 3.63) is 29.8 Å². The van der Waals surface area contributed by atoms with Crippen LogP contribution < -0.4 is 10.1 Å². The van der Waals surface area contributed by atoms with Crippen molar-refractivity contribution in [2.75, 3.05) is 20.3 Å². The second-order valence-corrected chi connectivity index (χ2v) is 6.45. The number of fused-ring (bicyclic) bond motifs is 1. The maximum atomic E-state index is 5.80. The molecular weight excluding hydrogens is 262 g/mol. The van der Waals surface area contributed by atoms with Crippen molar-refractivity contribution in [2.45, 2.75) is 57.6 Å². The van der Waals surface area contributed by atoms with Crippen molar-refractivity contribution in [1.82, 2.24) is 5.32 Å². The van der Waals surface area contributed by atoms with Gasteiger partial charge in [-0.15, -0.1) is 0 Å². The van der Waals surface area contributed by atoms with Crippen LogP contribution in [-0.2, 0) is 4.74 Å². The molecule has 0 bridgehead atoms. The topological polar surface area (TPSA) is 30.5 Å². The van der Waals surface area contributed by atoms with E-state index in [2.05, 4.69) is 50.4 Å². The predicted octanol–water partition coefficient (Wildman–Crippen LogP) is 3.74. The zero-order chi connectivity index (χ0) is 15.3. The average molecular weight is 291 g/mol. The molecule has 0 aromatic heterocycles. The summed E-state index contributed by atoms with van der Waals surface area (Å²) in [5, 5.41) is 3.68. The highest BCUT2D eigenvalue weighted by molar-refractivity contribution is 5.38. The van der Waals surface area contributed by atoms with Gasteiger partial charge in [0.15, 0.2) is 0 Å². The number of para-hydroxylation sites is 1. The Bertz CT molecular complexity index is 445. The summed E-state index contributed by atoms with van der Waals surface area (Å²) in [4.78, 5) is 0. The summed E-state index contributed by atoms with van der Waals surface area (Å²) in [6.45, 7) is 8.32. The van der Waals surface area contributed by atoms with Crippen LogP contribution in [0.15, 0.2) is 24.3 Å². The van der Waals surface area contributed by atoms with Gasteiger partial charge in [0.25, 0.3) is 0 Å². The van der Waals surface area contributed by atoms with Crippen LogP contribution in [0.25, 0.3) is 0 Å². The highest BCUT2D eigenvalue weighted by atomic mass is 16.5. The van der Waals surface area contributed by atoms with Crippen LogP contribution in [0.4, 0.5) is 0 Å². The maximum absolute atomic E-state index is 5.80. The quantitative estimate of drug-likeness (QED) is 0.830. The lowest BCUT2D eigenvalue weighted by atomic mass is 9.83. The van der Waals surface area contributed by atoms with Crippen LogP contribution in [0.3, 0.4) is 0 Å². The van der Waals surface area contributed by atoms with Gasteiger partial charge in [-0.3, -0.25) is 0 Å². The van der Waals surface area contributed by atoms with Gasteiger partial charge in [0.1, 0.15) is 5.75 Å². The van der Waals surface area contributed by atoms with Crippen molar-refractivity contribution in [2.24, 2.45) is 0 Å². The third-order valence-corrected chi connectivity index (χ3v) is 4.57. The van der Waals surface area contributed by atoms with Crippen molar-refractivity contribution in [1.29, 1.82) is 0 Å². The number of nitrogens with one attached hydrogen (secondary N) is 1. The molecule has 0 fully saturated rings. The minimum Gasteiger partial charge on any atom is -0.493 e. The molecule has 2 atom stereocenters. The summed E-state index contributed by atoms with van der Waals surface area (Å²) in [7, 11) is 1.80. The van der Waals surface area contributed by atoms with Crippen LogP contribution in [0.2, 0.25) is 0 Å². The van der Waals surface area contributed by atoms with E-state index < -0.39 is 0 Å². The molecule has 118 valence electrons. The number of likely N-dealkylation sites (N-methyl/N-ethyl adjacent to an activating group) is 1. The van der Waals surface area contributed by atoms with Crippen molar-refractivity contribution < 1.29 is 9.47 Å². The first-order valence-corrected chi connectivity index (χ1v) is 8.07. The zero-order valence-corrected chi connectivity index (χ0v) is 13.8. The van der Waals surface area contributed by atoms with Gasteiger partial charge < -0.3 is 14.8 Å². The van der Waals surface area contributed by atoms with E-state index in [4.69, 9.17) is 9.47 Å². The SMILES string of the molecule is CCNC(CCC(C)(C)OC)C1CCOc2ccccc21. The smallest absolute Gasteiger partial charge is 0.122 e. The fourth-order valence-electron chi connectivity index (χ4n) is 3.10. The number of hydrogen-bond donors (Lipinski definition) is 1. The zero-order valence-electron chi connectivity index (χ0n) is 13.8. The number of methoxy groups -OCH3 is 1. The van der Waals surface area contributed by atoms with Gasteiger partial charge in [0.2, 0.25) is 0 Å². The first kappa shape index (κ1) is 16.3. The van der Waals surface area contributed by atoms with Crippen LogP contribution in [-0.4, -0.2) is 31.9 Å². The third-order valence-electron chi connectivity index (χ3n) is 4.57. The van der Waals surface area contributed by atoms with E-state index in [0.29, 0.717) is 12.0 Å². The van der Waals surface area contributed by atoms with Gasteiger partial charge in [0.05, 0.1) is 12.2 Å². The molecule has 3 nitrogen and oxygen atoms in total. The van der Waals surface area contributed by atoms with Gasteiger partial charge in [0, 0.05) is 19.1 Å². The minimum absolute atomic E-state index is 0.0572. The summed E-state index contributed by atoms with van der Waals surface area (Å²) in [5.41, 5.74) is 1.29. The molecule has 0 saturated heterocycles. The molecule has 0 saturated carbocycles. The van der Waals surface area contributed by atoms with E-state index in [-0.39, 0.29) is 5.60 Å². The first-order chi connectivity index (χ1) is 10.1.